The standard InChI is InChI=1S/C25H34N4O6/c1-3-18-11-19(35-14-23(30)31)13-34-15(2)22(12-26-18)29(33)28-25(32)27-24-20-8-4-6-16(20)10-17-7-5-9-21(17)24/h10,12,18-19,33H,3-9,11,13-14H2,1-2H3,(H,30,31)(H2,27,28,32)/b22-15-,26-12?/t18-,19?/m1/s1. The number of hydrogen-bond donors (Lipinski definition) is 4. The van der Waals surface area contributed by atoms with Crippen LogP contribution in [0.25, 0.3) is 0 Å². The number of fused-ring (bicyclic) bond motifs is 2. The summed E-state index contributed by atoms with van der Waals surface area (Å²) >= 11 is 0. The lowest BCUT2D eigenvalue weighted by Crippen LogP contribution is -2.43. The molecule has 0 bridgehead atoms. The van der Waals surface area contributed by atoms with Gasteiger partial charge in [-0.1, -0.05) is 13.0 Å². The summed E-state index contributed by atoms with van der Waals surface area (Å²) in [4.78, 5) is 28.3. The van der Waals surface area contributed by atoms with E-state index in [0.717, 1.165) is 44.2 Å². The van der Waals surface area contributed by atoms with E-state index < -0.39 is 24.7 Å². The van der Waals surface area contributed by atoms with Crippen molar-refractivity contribution in [3.05, 3.63) is 39.8 Å². The summed E-state index contributed by atoms with van der Waals surface area (Å²) in [6, 6.07) is 1.59. The minimum absolute atomic E-state index is 0.102. The van der Waals surface area contributed by atoms with E-state index in [-0.39, 0.29) is 18.3 Å². The van der Waals surface area contributed by atoms with Crippen molar-refractivity contribution in [2.45, 2.75) is 77.4 Å². The first-order valence-corrected chi connectivity index (χ1v) is 12.3. The van der Waals surface area contributed by atoms with E-state index in [9.17, 15) is 14.8 Å². The van der Waals surface area contributed by atoms with E-state index in [0.29, 0.717) is 23.8 Å². The lowest BCUT2D eigenvalue weighted by atomic mass is 9.99. The van der Waals surface area contributed by atoms with Crippen LogP contribution in [0.15, 0.2) is 22.5 Å². The van der Waals surface area contributed by atoms with Crippen LogP contribution < -0.4 is 10.7 Å². The molecule has 10 heteroatoms. The average Bonchev–Trinajstić information content (AvgIpc) is 3.49. The Labute approximate surface area is 204 Å². The molecule has 0 saturated carbocycles. The molecular weight excluding hydrogens is 452 g/mol. The zero-order chi connectivity index (χ0) is 24.9. The van der Waals surface area contributed by atoms with Crippen LogP contribution in [0.5, 0.6) is 0 Å². The number of benzene rings is 1. The van der Waals surface area contributed by atoms with Gasteiger partial charge < -0.3 is 19.9 Å². The Morgan fingerprint density at radius 2 is 1.89 bits per heavy atom. The number of ether oxygens (including phenoxy) is 2. The van der Waals surface area contributed by atoms with E-state index in [2.05, 4.69) is 21.8 Å². The van der Waals surface area contributed by atoms with Crippen LogP contribution in [0.3, 0.4) is 0 Å². The fourth-order valence-electron chi connectivity index (χ4n) is 5.04. The molecule has 10 nitrogen and oxygen atoms in total. The van der Waals surface area contributed by atoms with Crippen LogP contribution in [0, 0.1) is 0 Å². The summed E-state index contributed by atoms with van der Waals surface area (Å²) in [7, 11) is 0. The second-order valence-electron chi connectivity index (χ2n) is 9.27. The van der Waals surface area contributed by atoms with Gasteiger partial charge in [-0.3, -0.25) is 10.2 Å². The van der Waals surface area contributed by atoms with Crippen molar-refractivity contribution in [1.82, 2.24) is 10.6 Å². The third-order valence-electron chi connectivity index (χ3n) is 6.85. The van der Waals surface area contributed by atoms with Gasteiger partial charge in [-0.2, -0.15) is 5.17 Å². The number of allylic oxidation sites excluding steroid dienone is 2. The molecule has 0 aromatic heterocycles. The van der Waals surface area contributed by atoms with Gasteiger partial charge in [-0.15, -0.1) is 0 Å². The van der Waals surface area contributed by atoms with Crippen molar-refractivity contribution in [3.8, 4) is 0 Å². The largest absolute Gasteiger partial charge is 0.493 e. The molecule has 1 heterocycles. The fourth-order valence-corrected chi connectivity index (χ4v) is 5.04. The third-order valence-corrected chi connectivity index (χ3v) is 6.85. The van der Waals surface area contributed by atoms with Gasteiger partial charge >= 0.3 is 12.0 Å². The summed E-state index contributed by atoms with van der Waals surface area (Å²) in [5.41, 5.74) is 8.54. The monoisotopic (exact) mass is 486 g/mol. The maximum Gasteiger partial charge on any atom is 0.339 e. The molecule has 35 heavy (non-hydrogen) atoms. The van der Waals surface area contributed by atoms with E-state index in [1.165, 1.54) is 28.5 Å². The number of amides is 2. The fraction of sp³-hybridized carbons (Fsp3) is 0.560. The molecule has 1 aromatic carbocycles. The Morgan fingerprint density at radius 3 is 2.51 bits per heavy atom. The third kappa shape index (κ3) is 5.94. The Morgan fingerprint density at radius 1 is 1.20 bits per heavy atom. The molecule has 2 aliphatic carbocycles. The smallest absolute Gasteiger partial charge is 0.339 e. The maximum absolute atomic E-state index is 12.9. The molecular formula is C25H34N4O6. The molecule has 2 atom stereocenters. The molecule has 3 aliphatic rings. The molecule has 0 radical (unpaired) electrons. The van der Waals surface area contributed by atoms with Gasteiger partial charge in [0.05, 0.1) is 18.4 Å². The van der Waals surface area contributed by atoms with Gasteiger partial charge in [0.15, 0.2) is 0 Å². The highest BCUT2D eigenvalue weighted by molar-refractivity contribution is 5.92. The number of carboxylic acids is 1. The summed E-state index contributed by atoms with van der Waals surface area (Å²) < 4.78 is 11.2. The van der Waals surface area contributed by atoms with Crippen molar-refractivity contribution in [2.24, 2.45) is 4.99 Å². The molecule has 1 aromatic rings. The number of hydrogen-bond acceptors (Lipinski definition) is 7. The summed E-state index contributed by atoms with van der Waals surface area (Å²) in [5.74, 6) is -0.737. The lowest BCUT2D eigenvalue weighted by Gasteiger charge is -2.22. The van der Waals surface area contributed by atoms with Crippen LogP contribution in [0.2, 0.25) is 0 Å². The van der Waals surface area contributed by atoms with Crippen LogP contribution in [0.1, 0.15) is 61.8 Å². The number of carbonyl (C=O) groups is 2. The minimum atomic E-state index is -1.05. The topological polar surface area (TPSA) is 133 Å². The van der Waals surface area contributed by atoms with Crippen molar-refractivity contribution in [1.29, 1.82) is 0 Å². The van der Waals surface area contributed by atoms with E-state index in [4.69, 9.17) is 14.6 Å². The molecule has 190 valence electrons. The molecule has 1 aliphatic heterocycles. The number of nitrogens with zero attached hydrogens (tertiary/aromatic N) is 2. The lowest BCUT2D eigenvalue weighted by molar-refractivity contribution is -0.145. The Bertz CT molecular complexity index is 1010. The second kappa shape index (κ2) is 11.1. The Hall–Kier alpha value is -3.11. The van der Waals surface area contributed by atoms with Crippen molar-refractivity contribution in [2.75, 3.05) is 18.5 Å². The molecule has 1 unspecified atom stereocenters. The number of urea groups is 1. The predicted octanol–water partition coefficient (Wildman–Crippen LogP) is 3.36. The molecule has 0 spiro atoms. The number of hydroxylamine groups is 1. The number of rotatable bonds is 7. The van der Waals surface area contributed by atoms with E-state index >= 15 is 0 Å². The zero-order valence-electron chi connectivity index (χ0n) is 20.3. The maximum atomic E-state index is 12.9. The summed E-state index contributed by atoms with van der Waals surface area (Å²) in [5, 5.41) is 23.2. The van der Waals surface area contributed by atoms with Gasteiger partial charge in [-0.25, -0.2) is 15.0 Å². The van der Waals surface area contributed by atoms with Crippen molar-refractivity contribution >= 4 is 23.9 Å². The summed E-state index contributed by atoms with van der Waals surface area (Å²) in [6.07, 6.45) is 8.26. The molecule has 2 amide bonds. The minimum Gasteiger partial charge on any atom is -0.493 e. The number of carboxylic acid groups (broad SMARTS) is 1. The first-order valence-electron chi connectivity index (χ1n) is 12.3. The molecule has 4 rings (SSSR count). The van der Waals surface area contributed by atoms with Crippen LogP contribution in [-0.4, -0.2) is 59.1 Å². The van der Waals surface area contributed by atoms with Crippen LogP contribution in [-0.2, 0) is 40.0 Å². The van der Waals surface area contributed by atoms with Gasteiger partial charge in [0.25, 0.3) is 0 Å². The molecule has 0 saturated heterocycles. The number of anilines is 1. The quantitative estimate of drug-likeness (QED) is 0.434. The van der Waals surface area contributed by atoms with E-state index in [1.807, 2.05) is 6.92 Å². The van der Waals surface area contributed by atoms with Crippen LogP contribution in [0.4, 0.5) is 10.5 Å². The highest BCUT2D eigenvalue weighted by Crippen LogP contribution is 2.38. The number of aliphatic imine (C=N–C) groups is 1. The van der Waals surface area contributed by atoms with Gasteiger partial charge in [-0.05, 0) is 80.5 Å². The Kier molecular flexibility index (Phi) is 7.92. The first-order chi connectivity index (χ1) is 16.9. The average molecular weight is 487 g/mol. The van der Waals surface area contributed by atoms with Gasteiger partial charge in [0.1, 0.15) is 24.7 Å². The van der Waals surface area contributed by atoms with Crippen molar-refractivity contribution < 1.29 is 29.4 Å². The molecule has 4 N–H and O–H groups in total. The number of nitrogens with one attached hydrogen (secondary N) is 2. The highest BCUT2D eigenvalue weighted by Gasteiger charge is 2.26. The van der Waals surface area contributed by atoms with E-state index in [1.54, 1.807) is 6.92 Å². The predicted molar refractivity (Wildman–Crippen MR) is 129 cm³/mol. The number of aliphatic carboxylic acids is 1. The van der Waals surface area contributed by atoms with Crippen LogP contribution >= 0.6 is 0 Å². The first kappa shape index (κ1) is 25.0. The second-order valence-corrected chi connectivity index (χ2v) is 9.27. The van der Waals surface area contributed by atoms with Gasteiger partial charge in [0, 0.05) is 5.69 Å². The zero-order valence-corrected chi connectivity index (χ0v) is 20.3. The number of hydrazine groups is 1. The number of carbonyl (C=O) groups excluding carboxylic acids is 1. The SMILES string of the molecule is CC[C@@H]1CC(OCC(=O)O)CO/C(C)=C(\N(O)NC(=O)Nc2c3c(cc4c2CCC4)CCC3)C=N1. The summed E-state index contributed by atoms with van der Waals surface area (Å²) in [6.45, 7) is 3.28. The Balaban J connectivity index is 1.47. The molecule has 0 fully saturated rings. The highest BCUT2D eigenvalue weighted by atomic mass is 16.6. The van der Waals surface area contributed by atoms with Crippen molar-refractivity contribution in [3.63, 3.8) is 0 Å². The number of aryl methyl sites for hydroxylation is 2. The van der Waals surface area contributed by atoms with Gasteiger partial charge in [0.2, 0.25) is 0 Å². The normalized spacial score (nSPS) is 23.4.